The molecule has 0 aliphatic carbocycles. The van der Waals surface area contributed by atoms with Crippen LogP contribution in [0.4, 0.5) is 39.5 Å². The van der Waals surface area contributed by atoms with Gasteiger partial charge >= 0.3 is 23.3 Å². The summed E-state index contributed by atoms with van der Waals surface area (Å²) >= 11 is 14.3. The molecule has 0 aliphatic rings. The monoisotopic (exact) mass is 417 g/mol. The fourth-order valence-corrected chi connectivity index (χ4v) is 3.55. The van der Waals surface area contributed by atoms with Gasteiger partial charge in [0, 0.05) is 0 Å². The normalized spacial score (nSPS) is 17.0. The summed E-state index contributed by atoms with van der Waals surface area (Å²) in [6.07, 6.45) is -7.03. The molecule has 0 saturated heterocycles. The molecule has 122 valence electrons. The molecular formula is C4Cl3F9NOPS. The molecule has 16 heteroatoms. The van der Waals surface area contributed by atoms with Crippen LogP contribution in [-0.2, 0) is 11.0 Å². The molecule has 0 radical (unpaired) electrons. The van der Waals surface area contributed by atoms with Gasteiger partial charge in [-0.25, -0.2) is 4.21 Å². The van der Waals surface area contributed by atoms with Crippen LogP contribution < -0.4 is 0 Å². The Morgan fingerprint density at radius 1 is 0.800 bits per heavy atom. The smallest absolute Gasteiger partial charge is 0.228 e. The molecule has 0 amide bonds. The lowest BCUT2D eigenvalue weighted by Gasteiger charge is -2.31. The zero-order chi connectivity index (χ0) is 16.8. The van der Waals surface area contributed by atoms with E-state index in [-0.39, 0.29) is 0 Å². The van der Waals surface area contributed by atoms with Crippen molar-refractivity contribution in [2.45, 2.75) is 23.3 Å². The van der Waals surface area contributed by atoms with Crippen molar-refractivity contribution in [1.29, 1.82) is 0 Å². The van der Waals surface area contributed by atoms with Crippen molar-refractivity contribution in [1.82, 2.24) is 0 Å². The van der Waals surface area contributed by atoms with E-state index in [1.54, 1.807) is 0 Å². The molecular weight excluding hydrogens is 418 g/mol. The molecule has 0 bridgehead atoms. The number of alkyl halides is 9. The first-order chi connectivity index (χ1) is 8.38. The molecule has 0 aromatic heterocycles. The molecule has 0 saturated carbocycles. The molecule has 0 aromatic rings. The molecule has 0 heterocycles. The Hall–Kier alpha value is 0.620. The van der Waals surface area contributed by atoms with Crippen LogP contribution >= 0.6 is 38.8 Å². The first-order valence-electron chi connectivity index (χ1n) is 3.71. The second-order valence-corrected chi connectivity index (χ2v) is 11.4. The summed E-state index contributed by atoms with van der Waals surface area (Å²) in [6.45, 7) is 0. The fraction of sp³-hybridized carbons (Fsp3) is 1.00. The highest BCUT2D eigenvalue weighted by atomic mass is 36.0. The Morgan fingerprint density at radius 2 is 1.15 bits per heavy atom. The molecule has 0 aromatic carbocycles. The predicted molar refractivity (Wildman–Crippen MR) is 55.9 cm³/mol. The van der Waals surface area contributed by atoms with Gasteiger partial charge in [0.2, 0.25) is 16.1 Å². The Labute approximate surface area is 121 Å². The summed E-state index contributed by atoms with van der Waals surface area (Å²) in [5, 5.41) is -10.7. The van der Waals surface area contributed by atoms with E-state index >= 15 is 0 Å². The number of rotatable bonds is 4. The van der Waals surface area contributed by atoms with Gasteiger partial charge in [0.1, 0.15) is 0 Å². The maximum atomic E-state index is 12.9. The van der Waals surface area contributed by atoms with Crippen LogP contribution in [0.1, 0.15) is 0 Å². The van der Waals surface area contributed by atoms with E-state index in [0.29, 0.717) is 0 Å². The van der Waals surface area contributed by atoms with E-state index in [9.17, 15) is 43.7 Å². The summed E-state index contributed by atoms with van der Waals surface area (Å²) in [5.41, 5.74) is 0. The van der Waals surface area contributed by atoms with Crippen LogP contribution in [0.3, 0.4) is 0 Å². The number of halogens is 12. The summed E-state index contributed by atoms with van der Waals surface area (Å²) in [5.74, 6) is -14.3. The van der Waals surface area contributed by atoms with E-state index in [1.165, 1.54) is 0 Å². The maximum Gasteiger partial charge on any atom is 0.460 e. The third kappa shape index (κ3) is 3.88. The minimum Gasteiger partial charge on any atom is -0.228 e. The van der Waals surface area contributed by atoms with Gasteiger partial charge in [-0.3, -0.25) is 0 Å². The highest BCUT2D eigenvalue weighted by molar-refractivity contribution is 8.28. The molecule has 1 unspecified atom stereocenters. The molecule has 0 spiro atoms. The second kappa shape index (κ2) is 5.68. The Balaban J connectivity index is 5.89. The van der Waals surface area contributed by atoms with E-state index in [4.69, 9.17) is 33.7 Å². The Morgan fingerprint density at radius 3 is 1.40 bits per heavy atom. The van der Waals surface area contributed by atoms with Gasteiger partial charge in [0.05, 0.1) is 0 Å². The molecule has 1 atom stereocenters. The van der Waals surface area contributed by atoms with Crippen LogP contribution in [0, 0.1) is 0 Å². The average molecular weight is 418 g/mol. The minimum absolute atomic E-state index is 1.99. The van der Waals surface area contributed by atoms with Crippen molar-refractivity contribution < 1.29 is 43.7 Å². The van der Waals surface area contributed by atoms with Gasteiger partial charge < -0.3 is 0 Å². The van der Waals surface area contributed by atoms with Gasteiger partial charge in [0.15, 0.2) is 0 Å². The van der Waals surface area contributed by atoms with Crippen molar-refractivity contribution in [3.8, 4) is 0 Å². The van der Waals surface area contributed by atoms with Gasteiger partial charge in [-0.05, 0) is 33.7 Å². The average Bonchev–Trinajstić information content (AvgIpc) is 2.12. The zero-order valence-electron chi connectivity index (χ0n) is 8.25. The van der Waals surface area contributed by atoms with Gasteiger partial charge in [-0.2, -0.15) is 43.7 Å². The molecule has 20 heavy (non-hydrogen) atoms. The highest BCUT2D eigenvalue weighted by Gasteiger charge is 2.83. The predicted octanol–water partition coefficient (Wildman–Crippen LogP) is 5.74. The maximum absolute atomic E-state index is 12.9. The van der Waals surface area contributed by atoms with E-state index < -0.39 is 39.4 Å². The molecule has 0 N–H and O–H groups in total. The SMILES string of the molecule is O=S(N=P(Cl)(Cl)Cl)C(F)(F)C(F)(F)C(F)(F)C(F)(F)F. The largest absolute Gasteiger partial charge is 0.460 e. The van der Waals surface area contributed by atoms with Crippen LogP contribution in [0.5, 0.6) is 0 Å². The molecule has 0 rings (SSSR count). The fourth-order valence-electron chi connectivity index (χ4n) is 0.606. The topological polar surface area (TPSA) is 29.4 Å². The van der Waals surface area contributed by atoms with Crippen LogP contribution in [0.2, 0.25) is 0 Å². The number of nitrogens with zero attached hydrogens (tertiary/aromatic N) is 1. The third-order valence-electron chi connectivity index (χ3n) is 1.50. The summed E-state index contributed by atoms with van der Waals surface area (Å²) < 4.78 is 124. The van der Waals surface area contributed by atoms with Crippen molar-refractivity contribution >= 4 is 49.8 Å². The van der Waals surface area contributed by atoms with Gasteiger partial charge in [-0.1, -0.05) is 0 Å². The van der Waals surface area contributed by atoms with Crippen LogP contribution in [-0.4, -0.2) is 27.5 Å². The van der Waals surface area contributed by atoms with E-state index in [1.807, 2.05) is 4.15 Å². The number of hydrogen-bond donors (Lipinski definition) is 0. The standard InChI is InChI=1S/C4Cl3F9NOPS/c5-19(6,7)17-20(18)4(15,16)2(10,11)1(8,9)3(12,13)14. The lowest BCUT2D eigenvalue weighted by molar-refractivity contribution is -0.381. The molecule has 0 fully saturated rings. The summed E-state index contributed by atoms with van der Waals surface area (Å²) in [6, 6.07) is 0. The molecule has 0 aliphatic heterocycles. The van der Waals surface area contributed by atoms with Crippen molar-refractivity contribution in [3.63, 3.8) is 0 Å². The van der Waals surface area contributed by atoms with Gasteiger partial charge in [0.25, 0.3) is 0 Å². The second-order valence-electron chi connectivity index (χ2n) is 2.91. The Bertz CT molecular complexity index is 450. The highest BCUT2D eigenvalue weighted by Crippen LogP contribution is 2.66. The van der Waals surface area contributed by atoms with Crippen LogP contribution in [0.25, 0.3) is 0 Å². The van der Waals surface area contributed by atoms with E-state index in [2.05, 4.69) is 0 Å². The minimum atomic E-state index is -7.18. The molecule has 2 nitrogen and oxygen atoms in total. The van der Waals surface area contributed by atoms with Crippen LogP contribution in [0.15, 0.2) is 4.15 Å². The first-order valence-corrected chi connectivity index (χ1v) is 9.27. The van der Waals surface area contributed by atoms with Crippen molar-refractivity contribution in [2.24, 2.45) is 4.15 Å². The van der Waals surface area contributed by atoms with E-state index in [0.717, 1.165) is 0 Å². The van der Waals surface area contributed by atoms with Gasteiger partial charge in [-0.15, -0.1) is 0 Å². The third-order valence-corrected chi connectivity index (χ3v) is 5.20. The lowest BCUT2D eigenvalue weighted by Crippen LogP contribution is -2.61. The first kappa shape index (κ1) is 20.6. The van der Waals surface area contributed by atoms with Crippen molar-refractivity contribution in [3.05, 3.63) is 0 Å². The zero-order valence-corrected chi connectivity index (χ0v) is 12.2. The number of hydrogen-bond acceptors (Lipinski definition) is 1. The summed E-state index contributed by atoms with van der Waals surface area (Å²) in [7, 11) is -4.64. The lowest BCUT2D eigenvalue weighted by atomic mass is 10.1. The quantitative estimate of drug-likeness (QED) is 0.423. The Kier molecular flexibility index (Phi) is 5.85. The summed E-state index contributed by atoms with van der Waals surface area (Å²) in [4.78, 5) is 0. The van der Waals surface area contributed by atoms with Crippen molar-refractivity contribution in [2.75, 3.05) is 0 Å².